The van der Waals surface area contributed by atoms with Crippen LogP contribution in [0.15, 0.2) is 0 Å². The van der Waals surface area contributed by atoms with Crippen molar-refractivity contribution >= 4 is 5.69 Å². The Morgan fingerprint density at radius 2 is 1.89 bits per heavy atom. The Morgan fingerprint density at radius 3 is 2.37 bits per heavy atom. The smallest absolute Gasteiger partial charge is 0.253 e. The van der Waals surface area contributed by atoms with E-state index < -0.39 is 40.9 Å². The van der Waals surface area contributed by atoms with Crippen molar-refractivity contribution in [2.75, 3.05) is 18.5 Å². The number of nitrogens with zero attached hydrogens (tertiary/aromatic N) is 1. The molecule has 1 fully saturated rings. The standard InChI is InChI=1S/C11H12F4N2O2/c1-5-11(18,2-3-19-5)4-16-8-6(12)9(14)17-10(15)7(8)13/h5,18H,2-4H2,1H3,(H,16,17). The fourth-order valence-corrected chi connectivity index (χ4v) is 1.89. The summed E-state index contributed by atoms with van der Waals surface area (Å²) < 4.78 is 57.5. The maximum atomic E-state index is 13.3. The van der Waals surface area contributed by atoms with Crippen LogP contribution in [0.5, 0.6) is 0 Å². The van der Waals surface area contributed by atoms with Crippen molar-refractivity contribution in [3.8, 4) is 0 Å². The van der Waals surface area contributed by atoms with E-state index in [0.717, 1.165) is 0 Å². The summed E-state index contributed by atoms with van der Waals surface area (Å²) in [6, 6.07) is 0. The number of aliphatic hydroxyl groups is 1. The van der Waals surface area contributed by atoms with Gasteiger partial charge >= 0.3 is 0 Å². The summed E-state index contributed by atoms with van der Waals surface area (Å²) in [5.41, 5.74) is -2.34. The molecule has 2 N–H and O–H groups in total. The molecule has 4 nitrogen and oxygen atoms in total. The van der Waals surface area contributed by atoms with Gasteiger partial charge in [0, 0.05) is 19.6 Å². The lowest BCUT2D eigenvalue weighted by Crippen LogP contribution is -2.43. The summed E-state index contributed by atoms with van der Waals surface area (Å²) in [5.74, 6) is -6.75. The van der Waals surface area contributed by atoms with Gasteiger partial charge in [-0.2, -0.15) is 22.5 Å². The second-order valence-electron chi connectivity index (χ2n) is 4.42. The van der Waals surface area contributed by atoms with Crippen molar-refractivity contribution in [2.24, 2.45) is 0 Å². The first kappa shape index (κ1) is 14.0. The highest BCUT2D eigenvalue weighted by Crippen LogP contribution is 2.28. The van der Waals surface area contributed by atoms with E-state index in [0.29, 0.717) is 6.61 Å². The highest BCUT2D eigenvalue weighted by atomic mass is 19.2. The number of ether oxygens (including phenoxy) is 1. The summed E-state index contributed by atoms with van der Waals surface area (Å²) >= 11 is 0. The fourth-order valence-electron chi connectivity index (χ4n) is 1.89. The molecule has 8 heteroatoms. The van der Waals surface area contributed by atoms with Gasteiger partial charge in [0.25, 0.3) is 11.9 Å². The number of hydrogen-bond acceptors (Lipinski definition) is 4. The van der Waals surface area contributed by atoms with Crippen LogP contribution in [0.4, 0.5) is 23.2 Å². The zero-order chi connectivity index (χ0) is 14.2. The molecule has 0 aliphatic carbocycles. The van der Waals surface area contributed by atoms with Crippen molar-refractivity contribution in [2.45, 2.75) is 25.0 Å². The largest absolute Gasteiger partial charge is 0.385 e. The van der Waals surface area contributed by atoms with Crippen LogP contribution in [0.2, 0.25) is 0 Å². The molecular formula is C11H12F4N2O2. The molecule has 2 unspecified atom stereocenters. The highest BCUT2D eigenvalue weighted by Gasteiger charge is 2.39. The van der Waals surface area contributed by atoms with Crippen LogP contribution in [0.3, 0.4) is 0 Å². The van der Waals surface area contributed by atoms with Gasteiger partial charge in [0.05, 0.1) is 6.10 Å². The Hall–Kier alpha value is -1.41. The first-order valence-corrected chi connectivity index (χ1v) is 5.63. The summed E-state index contributed by atoms with van der Waals surface area (Å²) in [4.78, 5) is 2.43. The monoisotopic (exact) mass is 280 g/mol. The molecule has 2 rings (SSSR count). The van der Waals surface area contributed by atoms with Crippen LogP contribution in [0.1, 0.15) is 13.3 Å². The maximum absolute atomic E-state index is 13.3. The lowest BCUT2D eigenvalue weighted by molar-refractivity contribution is -0.0176. The number of nitrogens with one attached hydrogen (secondary N) is 1. The van der Waals surface area contributed by atoms with E-state index in [1.54, 1.807) is 6.92 Å². The normalized spacial score (nSPS) is 26.7. The molecule has 2 heterocycles. The summed E-state index contributed by atoms with van der Waals surface area (Å²) in [6.07, 6.45) is -0.303. The average molecular weight is 280 g/mol. The third kappa shape index (κ3) is 2.50. The quantitative estimate of drug-likeness (QED) is 0.652. The molecule has 0 radical (unpaired) electrons. The molecule has 1 aromatic rings. The van der Waals surface area contributed by atoms with Gasteiger partial charge in [0.1, 0.15) is 11.3 Å². The van der Waals surface area contributed by atoms with Crippen molar-refractivity contribution in [3.05, 3.63) is 23.5 Å². The van der Waals surface area contributed by atoms with E-state index >= 15 is 0 Å². The number of aromatic nitrogens is 1. The van der Waals surface area contributed by atoms with Gasteiger partial charge in [-0.1, -0.05) is 0 Å². The minimum atomic E-state index is -1.75. The molecule has 0 saturated carbocycles. The number of anilines is 1. The van der Waals surface area contributed by atoms with Gasteiger partial charge in [0.2, 0.25) is 11.6 Å². The summed E-state index contributed by atoms with van der Waals surface area (Å²) in [7, 11) is 0. The fraction of sp³-hybridized carbons (Fsp3) is 0.545. The van der Waals surface area contributed by atoms with Crippen molar-refractivity contribution in [1.29, 1.82) is 0 Å². The Labute approximate surface area is 106 Å². The van der Waals surface area contributed by atoms with Crippen molar-refractivity contribution in [3.63, 3.8) is 0 Å². The van der Waals surface area contributed by atoms with E-state index in [1.165, 1.54) is 0 Å². The van der Waals surface area contributed by atoms with E-state index in [4.69, 9.17) is 4.74 Å². The predicted molar refractivity (Wildman–Crippen MR) is 57.5 cm³/mol. The molecule has 1 aliphatic rings. The molecule has 1 aromatic heterocycles. The Bertz CT molecular complexity index is 474. The van der Waals surface area contributed by atoms with Crippen molar-refractivity contribution in [1.82, 2.24) is 4.98 Å². The van der Waals surface area contributed by atoms with E-state index in [1.807, 2.05) is 0 Å². The molecule has 0 amide bonds. The lowest BCUT2D eigenvalue weighted by atomic mass is 9.96. The first-order chi connectivity index (χ1) is 8.85. The van der Waals surface area contributed by atoms with E-state index in [-0.39, 0.29) is 13.0 Å². The molecule has 0 bridgehead atoms. The Balaban J connectivity index is 2.20. The third-order valence-corrected chi connectivity index (χ3v) is 3.23. The van der Waals surface area contributed by atoms with Crippen molar-refractivity contribution < 1.29 is 27.4 Å². The predicted octanol–water partition coefficient (Wildman–Crippen LogP) is 1.59. The van der Waals surface area contributed by atoms with E-state index in [2.05, 4.69) is 10.3 Å². The zero-order valence-electron chi connectivity index (χ0n) is 10.0. The second kappa shape index (κ2) is 4.93. The van der Waals surface area contributed by atoms with Gasteiger partial charge < -0.3 is 15.2 Å². The van der Waals surface area contributed by atoms with Gasteiger partial charge in [-0.25, -0.2) is 0 Å². The molecule has 19 heavy (non-hydrogen) atoms. The molecule has 106 valence electrons. The van der Waals surface area contributed by atoms with Crippen LogP contribution in [-0.4, -0.2) is 34.9 Å². The van der Waals surface area contributed by atoms with Crippen LogP contribution in [0.25, 0.3) is 0 Å². The molecule has 1 saturated heterocycles. The molecule has 0 spiro atoms. The van der Waals surface area contributed by atoms with Crippen LogP contribution < -0.4 is 5.32 Å². The molecule has 1 aliphatic heterocycles. The number of halogens is 4. The third-order valence-electron chi connectivity index (χ3n) is 3.23. The first-order valence-electron chi connectivity index (χ1n) is 5.63. The second-order valence-corrected chi connectivity index (χ2v) is 4.42. The average Bonchev–Trinajstić information content (AvgIpc) is 2.68. The zero-order valence-corrected chi connectivity index (χ0v) is 10.0. The van der Waals surface area contributed by atoms with Gasteiger partial charge in [-0.05, 0) is 6.92 Å². The van der Waals surface area contributed by atoms with Crippen LogP contribution in [-0.2, 0) is 4.74 Å². The Morgan fingerprint density at radius 1 is 1.32 bits per heavy atom. The lowest BCUT2D eigenvalue weighted by Gasteiger charge is -2.26. The van der Waals surface area contributed by atoms with Gasteiger partial charge in [-0.3, -0.25) is 0 Å². The topological polar surface area (TPSA) is 54.4 Å². The van der Waals surface area contributed by atoms with Crippen LogP contribution >= 0.6 is 0 Å². The minimum absolute atomic E-state index is 0.250. The SMILES string of the molecule is CC1OCCC1(O)CNc1c(F)c(F)nc(F)c1F. The highest BCUT2D eigenvalue weighted by molar-refractivity contribution is 5.45. The van der Waals surface area contributed by atoms with Gasteiger partial charge in [0.15, 0.2) is 0 Å². The Kier molecular flexibility index (Phi) is 3.64. The number of pyridine rings is 1. The maximum Gasteiger partial charge on any atom is 0.253 e. The van der Waals surface area contributed by atoms with Crippen LogP contribution in [0, 0.1) is 23.5 Å². The van der Waals surface area contributed by atoms with Gasteiger partial charge in [-0.15, -0.1) is 0 Å². The van der Waals surface area contributed by atoms with E-state index in [9.17, 15) is 22.7 Å². The number of rotatable bonds is 3. The molecule has 2 atom stereocenters. The number of hydrogen-bond donors (Lipinski definition) is 2. The summed E-state index contributed by atoms with van der Waals surface area (Å²) in [5, 5.41) is 12.3. The minimum Gasteiger partial charge on any atom is -0.385 e. The molecular weight excluding hydrogens is 268 g/mol. The summed E-state index contributed by atoms with van der Waals surface area (Å²) in [6.45, 7) is 1.59. The molecule has 0 aromatic carbocycles.